The Kier molecular flexibility index (Phi) is 16.8. The number of hydrogen-bond donors (Lipinski definition) is 9. The third-order valence-corrected chi connectivity index (χ3v) is 4.35. The second kappa shape index (κ2) is 13.0. The zero-order chi connectivity index (χ0) is 19.1. The molecule has 3 radical (unpaired) electrons. The second-order valence-corrected chi connectivity index (χ2v) is 8.23. The molecular weight excluding hydrogens is 474 g/mol. The first kappa shape index (κ1) is 34.8. The third-order valence-electron chi connectivity index (χ3n) is 2.80. The van der Waals surface area contributed by atoms with Gasteiger partial charge in [0.25, 0.3) is 0 Å². The summed E-state index contributed by atoms with van der Waals surface area (Å²) in [5, 5.41) is 29.3. The summed E-state index contributed by atoms with van der Waals surface area (Å²) in [7, 11) is -16.2. The maximum Gasteiger partial charge on any atom is 0.470 e. The summed E-state index contributed by atoms with van der Waals surface area (Å²) in [6, 6.07) is 0. The first-order valence-corrected chi connectivity index (χ1v) is 10.4. The van der Waals surface area contributed by atoms with Crippen molar-refractivity contribution in [2.75, 3.05) is 0 Å². The zero-order valence-electron chi connectivity index (χ0n) is 14.3. The Bertz CT molecular complexity index is 587. The van der Waals surface area contributed by atoms with Crippen LogP contribution in [0.1, 0.15) is 0 Å². The molecule has 0 aromatic heterocycles. The molecule has 0 heterocycles. The van der Waals surface area contributed by atoms with Crippen molar-refractivity contribution in [2.45, 2.75) is 36.6 Å². The summed E-state index contributed by atoms with van der Waals surface area (Å²) in [5.74, 6) is 0. The van der Waals surface area contributed by atoms with E-state index in [1.54, 1.807) is 0 Å². The van der Waals surface area contributed by atoms with Crippen LogP contribution in [0.15, 0.2) is 0 Å². The minimum Gasteiger partial charge on any atom is -0.387 e. The van der Waals surface area contributed by atoms with Crippen LogP contribution in [0.4, 0.5) is 0 Å². The fourth-order valence-corrected chi connectivity index (χ4v) is 3.70. The van der Waals surface area contributed by atoms with Crippen LogP contribution in [0.25, 0.3) is 0 Å². The van der Waals surface area contributed by atoms with E-state index in [1.165, 1.54) is 0 Å². The summed E-state index contributed by atoms with van der Waals surface area (Å²) in [6.07, 6.45) is -14.3. The summed E-state index contributed by atoms with van der Waals surface area (Å²) in [4.78, 5) is 52.4. The van der Waals surface area contributed by atoms with E-state index in [1.807, 2.05) is 0 Å². The molecule has 0 bridgehead atoms. The van der Waals surface area contributed by atoms with Crippen molar-refractivity contribution in [1.82, 2.24) is 0 Å². The Morgan fingerprint density at radius 2 is 0.704 bits per heavy atom. The van der Waals surface area contributed by atoms with Crippen molar-refractivity contribution in [3.8, 4) is 0 Å². The van der Waals surface area contributed by atoms with E-state index in [0.29, 0.717) is 0 Å². The van der Waals surface area contributed by atoms with Gasteiger partial charge in [0.15, 0.2) is 0 Å². The van der Waals surface area contributed by atoms with Gasteiger partial charge in [-0.2, -0.15) is 0 Å². The molecule has 6 atom stereocenters. The predicted octanol–water partition coefficient (Wildman–Crippen LogP) is -4.63. The van der Waals surface area contributed by atoms with Crippen LogP contribution in [-0.2, 0) is 27.3 Å². The van der Waals surface area contributed by atoms with E-state index in [4.69, 9.17) is 29.4 Å². The largest absolute Gasteiger partial charge is 0.470 e. The third kappa shape index (κ3) is 12.1. The SMILES string of the molecule is O=P(O)(O)O[C@@H]1[C@H](O)[C@H](O)[C@@H](OP(=O)(O)O)[C@H](OP(=O)(O)O)[C@H]1O.[Na].[Na].[Na]. The molecule has 0 unspecified atom stereocenters. The summed E-state index contributed by atoms with van der Waals surface area (Å²) in [6.45, 7) is 0. The second-order valence-electron chi connectivity index (χ2n) is 4.65. The first-order chi connectivity index (χ1) is 10.5. The van der Waals surface area contributed by atoms with Crippen molar-refractivity contribution in [3.05, 3.63) is 0 Å². The molecule has 15 nitrogen and oxygen atoms in total. The molecule has 0 spiro atoms. The minimum atomic E-state index is -5.43. The fourth-order valence-electron chi connectivity index (χ4n) is 2.01. The van der Waals surface area contributed by atoms with Gasteiger partial charge in [-0.25, -0.2) is 13.7 Å². The number of rotatable bonds is 6. The van der Waals surface area contributed by atoms with Gasteiger partial charge in [0.05, 0.1) is 0 Å². The molecule has 1 aliphatic rings. The quantitative estimate of drug-likeness (QED) is 0.126. The van der Waals surface area contributed by atoms with Crippen LogP contribution in [0.3, 0.4) is 0 Å². The molecule has 9 N–H and O–H groups in total. The van der Waals surface area contributed by atoms with E-state index in [2.05, 4.69) is 13.6 Å². The minimum absolute atomic E-state index is 0. The van der Waals surface area contributed by atoms with Gasteiger partial charge < -0.3 is 44.7 Å². The van der Waals surface area contributed by atoms with Crippen molar-refractivity contribution in [1.29, 1.82) is 0 Å². The number of aliphatic hydroxyl groups is 3. The van der Waals surface area contributed by atoms with Gasteiger partial charge in [-0.1, -0.05) is 0 Å². The molecule has 1 aliphatic carbocycles. The van der Waals surface area contributed by atoms with E-state index >= 15 is 0 Å². The van der Waals surface area contributed by atoms with Crippen LogP contribution in [0.5, 0.6) is 0 Å². The van der Waals surface area contributed by atoms with Gasteiger partial charge in [0.1, 0.15) is 36.6 Å². The Morgan fingerprint density at radius 1 is 0.481 bits per heavy atom. The normalized spacial score (nSPS) is 31.9. The topological polar surface area (TPSA) is 261 Å². The monoisotopic (exact) mass is 489 g/mol. The zero-order valence-corrected chi connectivity index (χ0v) is 23.0. The molecule has 0 amide bonds. The Balaban J connectivity index is -0.00000192. The molecule has 0 saturated heterocycles. The summed E-state index contributed by atoms with van der Waals surface area (Å²) < 4.78 is 44.7. The van der Waals surface area contributed by atoms with Crippen molar-refractivity contribution in [2.24, 2.45) is 0 Å². The standard InChI is InChI=1S/C6H15O15P3.3Na/c7-1-2(8)5(20-23(13,14)15)6(21-24(16,17)18)3(9)4(1)19-22(10,11)12;;;/h1-9H,(H2,10,11,12)(H2,13,14,15)(H2,16,17,18);;;/t1-,2+,3+,4-,5-,6-;;;/m1.../s1. The van der Waals surface area contributed by atoms with E-state index in [-0.39, 0.29) is 88.7 Å². The van der Waals surface area contributed by atoms with Gasteiger partial charge in [-0.15, -0.1) is 0 Å². The van der Waals surface area contributed by atoms with E-state index in [9.17, 15) is 29.0 Å². The van der Waals surface area contributed by atoms with Crippen LogP contribution < -0.4 is 0 Å². The molecule has 1 rings (SSSR count). The van der Waals surface area contributed by atoms with E-state index < -0.39 is 60.1 Å². The molecule has 21 heteroatoms. The maximum atomic E-state index is 10.9. The molecule has 0 aromatic carbocycles. The average Bonchev–Trinajstić information content (AvgIpc) is 2.32. The van der Waals surface area contributed by atoms with Crippen LogP contribution in [0, 0.1) is 0 Å². The number of hydrogen-bond acceptors (Lipinski definition) is 9. The molecule has 1 fully saturated rings. The predicted molar refractivity (Wildman–Crippen MR) is 86.0 cm³/mol. The summed E-state index contributed by atoms with van der Waals surface area (Å²) in [5.41, 5.74) is 0. The Morgan fingerprint density at radius 3 is 1.00 bits per heavy atom. The molecule has 0 aliphatic heterocycles. The molecule has 147 valence electrons. The van der Waals surface area contributed by atoms with Crippen molar-refractivity contribution >= 4 is 112 Å². The average molecular weight is 489 g/mol. The molecule has 1 saturated carbocycles. The number of phosphoric ester groups is 3. The van der Waals surface area contributed by atoms with Gasteiger partial charge in [0.2, 0.25) is 0 Å². The van der Waals surface area contributed by atoms with Gasteiger partial charge in [-0.05, 0) is 0 Å². The van der Waals surface area contributed by atoms with Gasteiger partial charge >= 0.3 is 23.5 Å². The fraction of sp³-hybridized carbons (Fsp3) is 1.00. The molecule has 0 aromatic rings. The smallest absolute Gasteiger partial charge is 0.387 e. The Hall–Kier alpha value is 3.21. The van der Waals surface area contributed by atoms with Crippen LogP contribution in [0.2, 0.25) is 0 Å². The van der Waals surface area contributed by atoms with Crippen molar-refractivity contribution in [3.63, 3.8) is 0 Å². The molecular formula is C6H15Na3O15P3. The summed E-state index contributed by atoms with van der Waals surface area (Å²) >= 11 is 0. The maximum absolute atomic E-state index is 10.9. The number of phosphoric acid groups is 3. The van der Waals surface area contributed by atoms with Gasteiger partial charge in [0, 0.05) is 88.7 Å². The van der Waals surface area contributed by atoms with E-state index in [0.717, 1.165) is 0 Å². The van der Waals surface area contributed by atoms with Gasteiger partial charge in [-0.3, -0.25) is 13.6 Å². The van der Waals surface area contributed by atoms with Crippen LogP contribution >= 0.6 is 23.5 Å². The van der Waals surface area contributed by atoms with Crippen LogP contribution in [-0.4, -0.2) is 170 Å². The van der Waals surface area contributed by atoms with Crippen molar-refractivity contribution < 1.29 is 71.9 Å². The molecule has 27 heavy (non-hydrogen) atoms. The Labute approximate surface area is 218 Å². The number of aliphatic hydroxyl groups excluding tert-OH is 3. The first-order valence-electron chi connectivity index (χ1n) is 5.78.